The fourth-order valence-electron chi connectivity index (χ4n) is 6.00. The lowest BCUT2D eigenvalue weighted by atomic mass is 9.65. The molecular formula is C32H62O14. The fraction of sp³-hybridized carbons (Fsp3) is 0.938. The van der Waals surface area contributed by atoms with Gasteiger partial charge in [0.25, 0.3) is 11.6 Å². The molecule has 0 radical (unpaired) electrons. The van der Waals surface area contributed by atoms with Gasteiger partial charge in [-0.15, -0.1) is 0 Å². The minimum atomic E-state index is -2.53. The standard InChI is InChI=1S/C32H62O14/c1-11-37-29(38-12-2,31(41-15-5,42-16-6)43-17-7)28(27(35)36,25-23-21-22-24-26(33)34)30(39-13-3,40-14-4)32(44-18-8,45-19-9)46-20-10/h11-25H2,1-10H3,(H,33,34)(H,35,36). The maximum absolute atomic E-state index is 14.6. The summed E-state index contributed by atoms with van der Waals surface area (Å²) in [6.07, 6.45) is 0.334. The zero-order chi connectivity index (χ0) is 35.3. The molecule has 0 aliphatic carbocycles. The second kappa shape index (κ2) is 22.2. The van der Waals surface area contributed by atoms with Crippen molar-refractivity contribution in [1.29, 1.82) is 0 Å². The Balaban J connectivity index is 8.87. The Bertz CT molecular complexity index is 744. The van der Waals surface area contributed by atoms with Crippen molar-refractivity contribution < 1.29 is 67.2 Å². The highest BCUT2D eigenvalue weighted by Crippen LogP contribution is 2.61. The third-order valence-corrected chi connectivity index (χ3v) is 7.13. The summed E-state index contributed by atoms with van der Waals surface area (Å²) >= 11 is 0. The summed E-state index contributed by atoms with van der Waals surface area (Å²) in [5, 5.41) is 21.1. The quantitative estimate of drug-likeness (QED) is 0.0733. The average molecular weight is 671 g/mol. The van der Waals surface area contributed by atoms with Gasteiger partial charge in [0.05, 0.1) is 0 Å². The van der Waals surface area contributed by atoms with E-state index < -0.39 is 40.9 Å². The van der Waals surface area contributed by atoms with Crippen LogP contribution >= 0.6 is 0 Å². The topological polar surface area (TPSA) is 167 Å². The van der Waals surface area contributed by atoms with Gasteiger partial charge in [-0.25, -0.2) is 0 Å². The van der Waals surface area contributed by atoms with Gasteiger partial charge in [0.15, 0.2) is 5.41 Å². The van der Waals surface area contributed by atoms with E-state index in [2.05, 4.69) is 0 Å². The Morgan fingerprint density at radius 2 is 0.717 bits per heavy atom. The van der Waals surface area contributed by atoms with Crippen LogP contribution in [0.25, 0.3) is 0 Å². The summed E-state index contributed by atoms with van der Waals surface area (Å²) in [7, 11) is 0. The molecule has 46 heavy (non-hydrogen) atoms. The third-order valence-electron chi connectivity index (χ3n) is 7.13. The summed E-state index contributed by atoms with van der Waals surface area (Å²) in [5.74, 6) is -12.1. The lowest BCUT2D eigenvalue weighted by Gasteiger charge is -2.62. The van der Waals surface area contributed by atoms with Crippen molar-refractivity contribution >= 4 is 11.9 Å². The second-order valence-electron chi connectivity index (χ2n) is 9.84. The Hall–Kier alpha value is -1.46. The van der Waals surface area contributed by atoms with E-state index in [0.717, 1.165) is 0 Å². The first-order chi connectivity index (χ1) is 22.0. The fourth-order valence-corrected chi connectivity index (χ4v) is 6.00. The van der Waals surface area contributed by atoms with Crippen molar-refractivity contribution in [2.75, 3.05) is 66.1 Å². The van der Waals surface area contributed by atoms with Crippen LogP contribution in [0, 0.1) is 5.41 Å². The lowest BCUT2D eigenvalue weighted by molar-refractivity contribution is -0.573. The highest BCUT2D eigenvalue weighted by molar-refractivity contribution is 5.78. The summed E-state index contributed by atoms with van der Waals surface area (Å²) in [5.41, 5.74) is -2.53. The van der Waals surface area contributed by atoms with Crippen molar-refractivity contribution in [2.24, 2.45) is 5.41 Å². The zero-order valence-corrected chi connectivity index (χ0v) is 29.9. The van der Waals surface area contributed by atoms with Crippen LogP contribution in [-0.4, -0.2) is 112 Å². The predicted octanol–water partition coefficient (Wildman–Crippen LogP) is 5.16. The van der Waals surface area contributed by atoms with Crippen LogP contribution in [0.1, 0.15) is 101 Å². The van der Waals surface area contributed by atoms with E-state index in [4.69, 9.17) is 47.4 Å². The Morgan fingerprint density at radius 1 is 0.435 bits per heavy atom. The summed E-state index contributed by atoms with van der Waals surface area (Å²) < 4.78 is 63.8. The van der Waals surface area contributed by atoms with Gasteiger partial charge in [0, 0.05) is 72.5 Å². The molecule has 0 aromatic rings. The normalized spacial score (nSPS) is 13.3. The van der Waals surface area contributed by atoms with Gasteiger partial charge in [0.1, 0.15) is 0 Å². The zero-order valence-electron chi connectivity index (χ0n) is 29.9. The molecule has 2 N–H and O–H groups in total. The van der Waals surface area contributed by atoms with E-state index in [-0.39, 0.29) is 91.8 Å². The number of aliphatic carboxylic acids is 2. The van der Waals surface area contributed by atoms with Crippen LogP contribution in [0.5, 0.6) is 0 Å². The minimum absolute atomic E-state index is 0.00000187. The molecule has 0 atom stereocenters. The molecule has 0 aromatic carbocycles. The number of carboxylic acids is 2. The third kappa shape index (κ3) is 9.16. The number of carbonyl (C=O) groups is 2. The van der Waals surface area contributed by atoms with Crippen LogP contribution in [0.4, 0.5) is 0 Å². The van der Waals surface area contributed by atoms with Gasteiger partial charge in [-0.3, -0.25) is 9.59 Å². The molecule has 0 unspecified atom stereocenters. The molecule has 0 spiro atoms. The Labute approximate surface area is 275 Å². The number of hydrogen-bond donors (Lipinski definition) is 2. The van der Waals surface area contributed by atoms with Crippen LogP contribution in [0.15, 0.2) is 0 Å². The molecule has 14 heteroatoms. The molecular weight excluding hydrogens is 608 g/mol. The molecule has 0 amide bonds. The average Bonchev–Trinajstić information content (AvgIpc) is 2.99. The highest BCUT2D eigenvalue weighted by atomic mass is 16.9. The minimum Gasteiger partial charge on any atom is -0.481 e. The number of carboxylic acid groups (broad SMARTS) is 2. The van der Waals surface area contributed by atoms with Crippen LogP contribution < -0.4 is 0 Å². The van der Waals surface area contributed by atoms with E-state index in [9.17, 15) is 19.8 Å². The largest absolute Gasteiger partial charge is 0.481 e. The number of hydrogen-bond acceptors (Lipinski definition) is 12. The molecule has 0 fully saturated rings. The highest BCUT2D eigenvalue weighted by Gasteiger charge is 2.86. The van der Waals surface area contributed by atoms with E-state index in [0.29, 0.717) is 6.42 Å². The van der Waals surface area contributed by atoms with Gasteiger partial charge in [-0.2, -0.15) is 0 Å². The van der Waals surface area contributed by atoms with Gasteiger partial charge in [-0.1, -0.05) is 12.8 Å². The van der Waals surface area contributed by atoms with E-state index in [1.54, 1.807) is 69.2 Å². The van der Waals surface area contributed by atoms with Gasteiger partial charge in [0.2, 0.25) is 0 Å². The Kier molecular flexibility index (Phi) is 21.5. The molecule has 0 aliphatic heterocycles. The van der Waals surface area contributed by atoms with E-state index in [1.807, 2.05) is 0 Å². The van der Waals surface area contributed by atoms with Gasteiger partial charge >= 0.3 is 23.9 Å². The molecule has 0 aromatic heterocycles. The molecule has 0 rings (SSSR count). The maximum atomic E-state index is 14.6. The SMILES string of the molecule is CCOC(OCC)(OCC)C(OCC)(OCC)C(CCCCCC(=O)O)(C(=O)O)C(OCC)(OCC)C(OCC)(OCC)OCC. The maximum Gasteiger partial charge on any atom is 0.342 e. The van der Waals surface area contributed by atoms with Crippen molar-refractivity contribution in [3.63, 3.8) is 0 Å². The number of unbranched alkanes of at least 4 members (excludes halogenated alkanes) is 2. The monoisotopic (exact) mass is 670 g/mol. The molecule has 14 nitrogen and oxygen atoms in total. The molecule has 0 saturated heterocycles. The van der Waals surface area contributed by atoms with Crippen LogP contribution in [0.3, 0.4) is 0 Å². The summed E-state index contributed by atoms with van der Waals surface area (Å²) in [6.45, 7) is 16.5. The molecule has 0 aliphatic rings. The van der Waals surface area contributed by atoms with Crippen molar-refractivity contribution in [3.05, 3.63) is 0 Å². The first-order valence-electron chi connectivity index (χ1n) is 16.8. The first-order valence-corrected chi connectivity index (χ1v) is 16.8. The van der Waals surface area contributed by atoms with Crippen LogP contribution in [-0.2, 0) is 57.0 Å². The molecule has 0 bridgehead atoms. The van der Waals surface area contributed by atoms with E-state index >= 15 is 0 Å². The number of ether oxygens (including phenoxy) is 10. The summed E-state index contributed by atoms with van der Waals surface area (Å²) in [6, 6.07) is 0. The molecule has 0 heterocycles. The van der Waals surface area contributed by atoms with Gasteiger partial charge < -0.3 is 57.6 Å². The van der Waals surface area contributed by atoms with Crippen molar-refractivity contribution in [2.45, 2.75) is 125 Å². The van der Waals surface area contributed by atoms with Crippen LogP contribution in [0.2, 0.25) is 0 Å². The van der Waals surface area contributed by atoms with Gasteiger partial charge in [-0.05, 0) is 82.1 Å². The number of rotatable bonds is 31. The Morgan fingerprint density at radius 3 is 0.935 bits per heavy atom. The molecule has 274 valence electrons. The second-order valence-corrected chi connectivity index (χ2v) is 9.84. The van der Waals surface area contributed by atoms with Crippen molar-refractivity contribution in [1.82, 2.24) is 0 Å². The smallest absolute Gasteiger partial charge is 0.342 e. The summed E-state index contributed by atoms with van der Waals surface area (Å²) in [4.78, 5) is 25.9. The predicted molar refractivity (Wildman–Crippen MR) is 168 cm³/mol. The lowest BCUT2D eigenvalue weighted by Crippen LogP contribution is -2.83. The molecule has 0 saturated carbocycles. The first kappa shape index (κ1) is 44.5. The van der Waals surface area contributed by atoms with E-state index in [1.165, 1.54) is 0 Å². The van der Waals surface area contributed by atoms with Crippen molar-refractivity contribution in [3.8, 4) is 0 Å².